The summed E-state index contributed by atoms with van der Waals surface area (Å²) in [7, 11) is 0. The smallest absolute Gasteiger partial charge is 0.255 e. The lowest BCUT2D eigenvalue weighted by atomic mass is 9.96. The SMILES string of the molecule is CC1CCN(C(=O)c2ccc(N)nc2)CC1O. The van der Waals surface area contributed by atoms with Crippen LogP contribution >= 0.6 is 0 Å². The number of aliphatic hydroxyl groups is 1. The molecular weight excluding hydrogens is 218 g/mol. The van der Waals surface area contributed by atoms with Crippen LogP contribution in [0.3, 0.4) is 0 Å². The van der Waals surface area contributed by atoms with Crippen molar-refractivity contribution in [2.75, 3.05) is 18.8 Å². The maximum Gasteiger partial charge on any atom is 0.255 e. The Balaban J connectivity index is 2.08. The standard InChI is InChI=1S/C12H17N3O2/c1-8-4-5-15(7-10(8)16)12(17)9-2-3-11(13)14-6-9/h2-3,6,8,10,16H,4-5,7H2,1H3,(H2,13,14). The molecule has 0 aromatic carbocycles. The van der Waals surface area contributed by atoms with Crippen LogP contribution in [0.5, 0.6) is 0 Å². The van der Waals surface area contributed by atoms with Crippen LogP contribution in [0.2, 0.25) is 0 Å². The van der Waals surface area contributed by atoms with Gasteiger partial charge in [0, 0.05) is 19.3 Å². The zero-order chi connectivity index (χ0) is 12.4. The number of aromatic nitrogens is 1. The Labute approximate surface area is 100 Å². The number of carbonyl (C=O) groups excluding carboxylic acids is 1. The summed E-state index contributed by atoms with van der Waals surface area (Å²) in [4.78, 5) is 17.7. The van der Waals surface area contributed by atoms with Crippen LogP contribution in [0.15, 0.2) is 18.3 Å². The molecular formula is C12H17N3O2. The number of likely N-dealkylation sites (tertiary alicyclic amines) is 1. The highest BCUT2D eigenvalue weighted by Gasteiger charge is 2.27. The lowest BCUT2D eigenvalue weighted by molar-refractivity contribution is 0.0248. The van der Waals surface area contributed by atoms with E-state index in [9.17, 15) is 9.90 Å². The fraction of sp³-hybridized carbons (Fsp3) is 0.500. The van der Waals surface area contributed by atoms with Crippen molar-refractivity contribution in [3.8, 4) is 0 Å². The van der Waals surface area contributed by atoms with Gasteiger partial charge in [-0.25, -0.2) is 4.98 Å². The predicted octanol–water partition coefficient (Wildman–Crippen LogP) is 0.507. The minimum absolute atomic E-state index is 0.0940. The number of nitrogens with zero attached hydrogens (tertiary/aromatic N) is 2. The second-order valence-corrected chi connectivity index (χ2v) is 4.56. The number of aliphatic hydroxyl groups excluding tert-OH is 1. The van der Waals surface area contributed by atoms with E-state index >= 15 is 0 Å². The number of hydrogen-bond donors (Lipinski definition) is 2. The second kappa shape index (κ2) is 4.71. The van der Waals surface area contributed by atoms with E-state index in [1.54, 1.807) is 17.0 Å². The van der Waals surface area contributed by atoms with E-state index < -0.39 is 6.10 Å². The van der Waals surface area contributed by atoms with Crippen molar-refractivity contribution in [3.63, 3.8) is 0 Å². The molecule has 2 rings (SSSR count). The summed E-state index contributed by atoms with van der Waals surface area (Å²) < 4.78 is 0. The lowest BCUT2D eigenvalue weighted by Crippen LogP contribution is -2.45. The quantitative estimate of drug-likeness (QED) is 0.743. The molecule has 1 aromatic heterocycles. The zero-order valence-corrected chi connectivity index (χ0v) is 9.84. The molecule has 0 aliphatic carbocycles. The maximum atomic E-state index is 12.1. The topological polar surface area (TPSA) is 79.5 Å². The van der Waals surface area contributed by atoms with Gasteiger partial charge in [0.2, 0.25) is 0 Å². The Morgan fingerprint density at radius 2 is 2.35 bits per heavy atom. The first-order valence-electron chi connectivity index (χ1n) is 5.77. The lowest BCUT2D eigenvalue weighted by Gasteiger charge is -2.34. The number of piperidine rings is 1. The second-order valence-electron chi connectivity index (χ2n) is 4.56. The summed E-state index contributed by atoms with van der Waals surface area (Å²) in [6.07, 6.45) is 1.87. The van der Waals surface area contributed by atoms with E-state index in [0.717, 1.165) is 6.42 Å². The minimum Gasteiger partial charge on any atom is -0.391 e. The highest BCUT2D eigenvalue weighted by atomic mass is 16.3. The Kier molecular flexibility index (Phi) is 3.28. The van der Waals surface area contributed by atoms with E-state index in [-0.39, 0.29) is 11.8 Å². The van der Waals surface area contributed by atoms with Gasteiger partial charge in [-0.3, -0.25) is 4.79 Å². The highest BCUT2D eigenvalue weighted by molar-refractivity contribution is 5.94. The fourth-order valence-electron chi connectivity index (χ4n) is 1.95. The first-order chi connectivity index (χ1) is 8.08. The maximum absolute atomic E-state index is 12.1. The van der Waals surface area contributed by atoms with E-state index in [4.69, 9.17) is 5.73 Å². The minimum atomic E-state index is -0.436. The summed E-state index contributed by atoms with van der Waals surface area (Å²) in [6, 6.07) is 3.27. The molecule has 1 fully saturated rings. The largest absolute Gasteiger partial charge is 0.391 e. The molecule has 1 aliphatic heterocycles. The van der Waals surface area contributed by atoms with Gasteiger partial charge in [-0.1, -0.05) is 6.92 Å². The van der Waals surface area contributed by atoms with Crippen LogP contribution in [-0.2, 0) is 0 Å². The molecule has 2 heterocycles. The van der Waals surface area contributed by atoms with Gasteiger partial charge in [0.25, 0.3) is 5.91 Å². The van der Waals surface area contributed by atoms with Crippen LogP contribution in [0.1, 0.15) is 23.7 Å². The van der Waals surface area contributed by atoms with E-state index in [2.05, 4.69) is 4.98 Å². The summed E-state index contributed by atoms with van der Waals surface area (Å²) >= 11 is 0. The molecule has 5 heteroatoms. The van der Waals surface area contributed by atoms with Crippen molar-refractivity contribution in [1.82, 2.24) is 9.88 Å². The number of hydrogen-bond acceptors (Lipinski definition) is 4. The summed E-state index contributed by atoms with van der Waals surface area (Å²) in [6.45, 7) is 3.07. The average molecular weight is 235 g/mol. The normalized spacial score (nSPS) is 24.7. The van der Waals surface area contributed by atoms with Crippen molar-refractivity contribution < 1.29 is 9.90 Å². The Morgan fingerprint density at radius 3 is 2.94 bits per heavy atom. The molecule has 2 unspecified atom stereocenters. The molecule has 1 saturated heterocycles. The molecule has 1 aromatic rings. The monoisotopic (exact) mass is 235 g/mol. The van der Waals surface area contributed by atoms with Gasteiger partial charge >= 0.3 is 0 Å². The average Bonchev–Trinajstić information content (AvgIpc) is 2.33. The number of nitrogens with two attached hydrogens (primary N) is 1. The van der Waals surface area contributed by atoms with Gasteiger partial charge in [-0.05, 0) is 24.5 Å². The number of anilines is 1. The third-order valence-electron chi connectivity index (χ3n) is 3.24. The molecule has 1 amide bonds. The number of β-amino-alcohol motifs (C(OH)–C–C–N with tert-alkyl or cyclic N) is 1. The van der Waals surface area contributed by atoms with Crippen LogP contribution < -0.4 is 5.73 Å². The Hall–Kier alpha value is -1.62. The van der Waals surface area contributed by atoms with Gasteiger partial charge in [0.1, 0.15) is 5.82 Å². The van der Waals surface area contributed by atoms with Crippen LogP contribution in [0, 0.1) is 5.92 Å². The van der Waals surface area contributed by atoms with Gasteiger partial charge in [0.15, 0.2) is 0 Å². The van der Waals surface area contributed by atoms with Gasteiger partial charge in [0.05, 0.1) is 11.7 Å². The van der Waals surface area contributed by atoms with Crippen LogP contribution in [0.25, 0.3) is 0 Å². The van der Waals surface area contributed by atoms with Crippen LogP contribution in [0.4, 0.5) is 5.82 Å². The van der Waals surface area contributed by atoms with E-state index in [1.807, 2.05) is 6.92 Å². The highest BCUT2D eigenvalue weighted by Crippen LogP contribution is 2.18. The molecule has 0 saturated carbocycles. The number of rotatable bonds is 1. The van der Waals surface area contributed by atoms with Crippen molar-refractivity contribution >= 4 is 11.7 Å². The molecule has 5 nitrogen and oxygen atoms in total. The zero-order valence-electron chi connectivity index (χ0n) is 9.84. The summed E-state index contributed by atoms with van der Waals surface area (Å²) in [5, 5.41) is 9.76. The summed E-state index contributed by atoms with van der Waals surface area (Å²) in [5.41, 5.74) is 5.98. The van der Waals surface area contributed by atoms with Gasteiger partial charge < -0.3 is 15.7 Å². The Bertz CT molecular complexity index is 405. The van der Waals surface area contributed by atoms with Crippen molar-refractivity contribution in [2.24, 2.45) is 5.92 Å². The third kappa shape index (κ3) is 2.55. The van der Waals surface area contributed by atoms with Gasteiger partial charge in [-0.15, -0.1) is 0 Å². The number of carbonyl (C=O) groups is 1. The number of nitrogen functional groups attached to an aromatic ring is 1. The Morgan fingerprint density at radius 1 is 1.59 bits per heavy atom. The van der Waals surface area contributed by atoms with E-state index in [1.165, 1.54) is 6.20 Å². The molecule has 0 bridgehead atoms. The first kappa shape index (κ1) is 11.9. The molecule has 17 heavy (non-hydrogen) atoms. The van der Waals surface area contributed by atoms with Gasteiger partial charge in [-0.2, -0.15) is 0 Å². The fourth-order valence-corrected chi connectivity index (χ4v) is 1.95. The number of amides is 1. The molecule has 92 valence electrons. The van der Waals surface area contributed by atoms with Crippen LogP contribution in [-0.4, -0.2) is 40.1 Å². The van der Waals surface area contributed by atoms with E-state index in [0.29, 0.717) is 24.5 Å². The third-order valence-corrected chi connectivity index (χ3v) is 3.24. The predicted molar refractivity (Wildman–Crippen MR) is 64.3 cm³/mol. The molecule has 2 atom stereocenters. The number of pyridine rings is 1. The molecule has 3 N–H and O–H groups in total. The van der Waals surface area contributed by atoms with Crippen molar-refractivity contribution in [2.45, 2.75) is 19.4 Å². The summed E-state index contributed by atoms with van der Waals surface area (Å²) in [5.74, 6) is 0.556. The van der Waals surface area contributed by atoms with Crippen molar-refractivity contribution in [1.29, 1.82) is 0 Å². The molecule has 0 radical (unpaired) electrons. The molecule has 0 spiro atoms. The van der Waals surface area contributed by atoms with Crippen molar-refractivity contribution in [3.05, 3.63) is 23.9 Å². The first-order valence-corrected chi connectivity index (χ1v) is 5.77. The molecule has 1 aliphatic rings.